The summed E-state index contributed by atoms with van der Waals surface area (Å²) in [4.78, 5) is 25.4. The monoisotopic (exact) mass is 321 g/mol. The van der Waals surface area contributed by atoms with Crippen LogP contribution in [-0.4, -0.2) is 51.7 Å². The molecule has 1 aliphatic heterocycles. The molecule has 0 bridgehead atoms. The smallest absolute Gasteiger partial charge is 0.290 e. The number of carbonyl (C=O) groups is 2. The number of methoxy groups -OCH3 is 1. The first kappa shape index (κ1) is 16.8. The molecule has 23 heavy (non-hydrogen) atoms. The SMILES string of the molecule is COc1cc([C@@H]2C(C(C)=O)=C(O)C(=O)N2C[C@H](C)O)ccc1O. The first-order valence-electron chi connectivity index (χ1n) is 7.08. The molecule has 0 saturated heterocycles. The molecule has 0 aromatic heterocycles. The van der Waals surface area contributed by atoms with Gasteiger partial charge in [-0.05, 0) is 31.5 Å². The zero-order chi connectivity index (χ0) is 17.3. The number of Topliss-reactive ketones (excluding diaryl/α,β-unsaturated/α-hetero) is 1. The lowest BCUT2D eigenvalue weighted by Crippen LogP contribution is -2.36. The van der Waals surface area contributed by atoms with Crippen LogP contribution in [0.4, 0.5) is 0 Å². The van der Waals surface area contributed by atoms with E-state index < -0.39 is 29.6 Å². The van der Waals surface area contributed by atoms with Crippen molar-refractivity contribution in [2.24, 2.45) is 0 Å². The van der Waals surface area contributed by atoms with E-state index in [2.05, 4.69) is 0 Å². The molecule has 2 atom stereocenters. The van der Waals surface area contributed by atoms with Crippen molar-refractivity contribution in [3.05, 3.63) is 35.1 Å². The standard InChI is InChI=1S/C16H19NO6/c1-8(18)7-17-14(13(9(2)19)15(21)16(17)22)10-4-5-11(20)12(6-10)23-3/h4-6,8,14,18,20-21H,7H2,1-3H3/t8-,14+/m0/s1. The maximum Gasteiger partial charge on any atom is 0.290 e. The maximum absolute atomic E-state index is 12.2. The van der Waals surface area contributed by atoms with E-state index in [1.165, 1.54) is 44.1 Å². The highest BCUT2D eigenvalue weighted by Crippen LogP contribution is 2.40. The lowest BCUT2D eigenvalue weighted by Gasteiger charge is -2.27. The summed E-state index contributed by atoms with van der Waals surface area (Å²) in [7, 11) is 1.38. The number of hydrogen-bond donors (Lipinski definition) is 3. The van der Waals surface area contributed by atoms with Crippen LogP contribution < -0.4 is 4.74 Å². The number of rotatable bonds is 5. The van der Waals surface area contributed by atoms with Crippen LogP contribution >= 0.6 is 0 Å². The first-order valence-corrected chi connectivity index (χ1v) is 7.08. The lowest BCUT2D eigenvalue weighted by atomic mass is 9.96. The third kappa shape index (κ3) is 3.00. The number of hydrogen-bond acceptors (Lipinski definition) is 6. The van der Waals surface area contributed by atoms with Crippen LogP contribution in [0, 0.1) is 0 Å². The van der Waals surface area contributed by atoms with Crippen LogP contribution in [0.5, 0.6) is 11.5 Å². The Morgan fingerprint density at radius 3 is 2.57 bits per heavy atom. The number of amides is 1. The van der Waals surface area contributed by atoms with Crippen molar-refractivity contribution in [1.82, 2.24) is 4.90 Å². The normalized spacial score (nSPS) is 19.2. The number of β-amino-alcohol motifs (C(OH)–C–C–N with tert-alkyl or cyclic N) is 1. The molecule has 1 amide bonds. The predicted molar refractivity (Wildman–Crippen MR) is 81.1 cm³/mol. The molecule has 7 heteroatoms. The highest BCUT2D eigenvalue weighted by Gasteiger charge is 2.42. The average molecular weight is 321 g/mol. The largest absolute Gasteiger partial charge is 0.504 e. The van der Waals surface area contributed by atoms with Crippen molar-refractivity contribution in [3.63, 3.8) is 0 Å². The van der Waals surface area contributed by atoms with E-state index in [0.29, 0.717) is 5.56 Å². The molecule has 0 radical (unpaired) electrons. The molecule has 0 saturated carbocycles. The van der Waals surface area contributed by atoms with Crippen molar-refractivity contribution >= 4 is 11.7 Å². The van der Waals surface area contributed by atoms with Gasteiger partial charge in [-0.15, -0.1) is 0 Å². The fraction of sp³-hybridized carbons (Fsp3) is 0.375. The summed E-state index contributed by atoms with van der Waals surface area (Å²) < 4.78 is 5.04. The number of ketones is 1. The second-order valence-electron chi connectivity index (χ2n) is 5.46. The van der Waals surface area contributed by atoms with Crippen LogP contribution in [0.25, 0.3) is 0 Å². The number of phenolic OH excluding ortho intramolecular Hbond substituents is 1. The molecule has 124 valence electrons. The zero-order valence-corrected chi connectivity index (χ0v) is 13.1. The predicted octanol–water partition coefficient (Wildman–Crippen LogP) is 1.07. The molecule has 2 rings (SSSR count). The van der Waals surface area contributed by atoms with Gasteiger partial charge in [-0.2, -0.15) is 0 Å². The van der Waals surface area contributed by atoms with Crippen molar-refractivity contribution in [2.75, 3.05) is 13.7 Å². The van der Waals surface area contributed by atoms with E-state index >= 15 is 0 Å². The third-order valence-corrected chi connectivity index (χ3v) is 3.66. The number of phenols is 1. The highest BCUT2D eigenvalue weighted by molar-refractivity contribution is 6.08. The van der Waals surface area contributed by atoms with Gasteiger partial charge in [0.25, 0.3) is 5.91 Å². The molecule has 1 heterocycles. The minimum Gasteiger partial charge on any atom is -0.504 e. The zero-order valence-electron chi connectivity index (χ0n) is 13.1. The van der Waals surface area contributed by atoms with E-state index in [0.717, 1.165) is 0 Å². The summed E-state index contributed by atoms with van der Waals surface area (Å²) in [6, 6.07) is 3.56. The number of carbonyl (C=O) groups excluding carboxylic acids is 2. The highest BCUT2D eigenvalue weighted by atomic mass is 16.5. The molecule has 0 fully saturated rings. The Morgan fingerprint density at radius 2 is 2.04 bits per heavy atom. The number of aromatic hydroxyl groups is 1. The van der Waals surface area contributed by atoms with E-state index in [4.69, 9.17) is 4.74 Å². The Morgan fingerprint density at radius 1 is 1.39 bits per heavy atom. The van der Waals surface area contributed by atoms with Gasteiger partial charge in [0, 0.05) is 6.54 Å². The summed E-state index contributed by atoms with van der Waals surface area (Å²) in [5, 5.41) is 29.3. The van der Waals surface area contributed by atoms with E-state index in [1.54, 1.807) is 0 Å². The van der Waals surface area contributed by atoms with Gasteiger partial charge in [-0.1, -0.05) is 6.07 Å². The summed E-state index contributed by atoms with van der Waals surface area (Å²) >= 11 is 0. The van der Waals surface area contributed by atoms with Gasteiger partial charge in [0.15, 0.2) is 23.0 Å². The van der Waals surface area contributed by atoms with Crippen molar-refractivity contribution in [1.29, 1.82) is 0 Å². The molecular formula is C16H19NO6. The van der Waals surface area contributed by atoms with Crippen LogP contribution in [-0.2, 0) is 9.59 Å². The molecule has 0 spiro atoms. The summed E-state index contributed by atoms with van der Waals surface area (Å²) in [5.74, 6) is -1.68. The Labute approximate surface area is 133 Å². The van der Waals surface area contributed by atoms with Crippen LogP contribution in [0.15, 0.2) is 29.5 Å². The molecule has 1 aromatic rings. The van der Waals surface area contributed by atoms with E-state index in [9.17, 15) is 24.9 Å². The number of nitrogens with zero attached hydrogens (tertiary/aromatic N) is 1. The number of aliphatic hydroxyl groups is 2. The van der Waals surface area contributed by atoms with Crippen molar-refractivity contribution in [2.45, 2.75) is 26.0 Å². The minimum absolute atomic E-state index is 0.0385. The van der Waals surface area contributed by atoms with Crippen molar-refractivity contribution in [3.8, 4) is 11.5 Å². The van der Waals surface area contributed by atoms with E-state index in [1.807, 2.05) is 0 Å². The third-order valence-electron chi connectivity index (χ3n) is 3.66. The van der Waals surface area contributed by atoms with Gasteiger partial charge >= 0.3 is 0 Å². The first-order chi connectivity index (χ1) is 10.8. The van der Waals surface area contributed by atoms with Gasteiger partial charge in [0.2, 0.25) is 0 Å². The van der Waals surface area contributed by atoms with E-state index in [-0.39, 0.29) is 23.6 Å². The molecule has 3 N–H and O–H groups in total. The quantitative estimate of drug-likeness (QED) is 0.749. The molecular weight excluding hydrogens is 302 g/mol. The summed E-state index contributed by atoms with van der Waals surface area (Å²) in [6.45, 7) is 2.72. The second kappa shape index (κ2) is 6.29. The maximum atomic E-state index is 12.2. The molecule has 0 aliphatic carbocycles. The second-order valence-corrected chi connectivity index (χ2v) is 5.46. The number of benzene rings is 1. The fourth-order valence-electron chi connectivity index (χ4n) is 2.70. The van der Waals surface area contributed by atoms with Crippen LogP contribution in [0.3, 0.4) is 0 Å². The molecule has 0 unspecified atom stereocenters. The Balaban J connectivity index is 2.57. The minimum atomic E-state index is -0.843. The summed E-state index contributed by atoms with van der Waals surface area (Å²) in [5.41, 5.74) is 0.450. The van der Waals surface area contributed by atoms with Gasteiger partial charge < -0.3 is 25.0 Å². The molecule has 1 aliphatic rings. The van der Waals surface area contributed by atoms with Gasteiger partial charge in [0.1, 0.15) is 0 Å². The van der Waals surface area contributed by atoms with Crippen LogP contribution in [0.2, 0.25) is 0 Å². The Bertz CT molecular complexity index is 679. The van der Waals surface area contributed by atoms with Gasteiger partial charge in [-0.3, -0.25) is 9.59 Å². The van der Waals surface area contributed by atoms with Crippen LogP contribution in [0.1, 0.15) is 25.5 Å². The Hall–Kier alpha value is -2.54. The lowest BCUT2D eigenvalue weighted by molar-refractivity contribution is -0.130. The number of aliphatic hydroxyl groups excluding tert-OH is 2. The Kier molecular flexibility index (Phi) is 4.60. The molecule has 1 aromatic carbocycles. The fourth-order valence-corrected chi connectivity index (χ4v) is 2.70. The topological polar surface area (TPSA) is 107 Å². The van der Waals surface area contributed by atoms with Crippen molar-refractivity contribution < 1.29 is 29.6 Å². The number of ether oxygens (including phenoxy) is 1. The van der Waals surface area contributed by atoms with Gasteiger partial charge in [0.05, 0.1) is 24.8 Å². The molecule has 7 nitrogen and oxygen atoms in total. The average Bonchev–Trinajstić information content (AvgIpc) is 2.72. The summed E-state index contributed by atoms with van der Waals surface area (Å²) in [6.07, 6.45) is -0.834. The van der Waals surface area contributed by atoms with Gasteiger partial charge in [-0.25, -0.2) is 0 Å².